The van der Waals surface area contributed by atoms with Gasteiger partial charge in [-0.25, -0.2) is 21.6 Å². The van der Waals surface area contributed by atoms with E-state index in [9.17, 15) is 21.6 Å². The summed E-state index contributed by atoms with van der Waals surface area (Å²) in [5.41, 5.74) is 0. The van der Waals surface area contributed by atoms with E-state index in [-0.39, 0.29) is 0 Å². The minimum absolute atomic E-state index is 0.308. The smallest absolute Gasteiger partial charge is 0.425 e. The van der Waals surface area contributed by atoms with Gasteiger partial charge in [0.05, 0.1) is 4.90 Å². The van der Waals surface area contributed by atoms with E-state index in [2.05, 4.69) is 4.84 Å². The molecule has 0 spiro atoms. The van der Waals surface area contributed by atoms with Gasteiger partial charge >= 0.3 is 6.16 Å². The number of hydrogen-bond donors (Lipinski definition) is 1. The van der Waals surface area contributed by atoms with Crippen LogP contribution in [0.5, 0.6) is 0 Å². The van der Waals surface area contributed by atoms with Gasteiger partial charge in [0.2, 0.25) is 0 Å². The molecule has 12 heteroatoms. The number of hydrogen-bond acceptors (Lipinski definition) is 9. The molecule has 0 amide bonds. The molecule has 1 N–H and O–H groups in total. The number of carbonyl (C=O) groups is 1. The van der Waals surface area contributed by atoms with E-state index in [1.165, 1.54) is 19.1 Å². The van der Waals surface area contributed by atoms with Crippen molar-refractivity contribution in [2.75, 3.05) is 19.5 Å². The Bertz CT molecular complexity index is 831. The van der Waals surface area contributed by atoms with Crippen molar-refractivity contribution in [1.82, 2.24) is 4.89 Å². The van der Waals surface area contributed by atoms with Gasteiger partial charge < -0.3 is 19.0 Å². The normalized spacial score (nSPS) is 13.4. The lowest BCUT2D eigenvalue weighted by Crippen LogP contribution is -2.36. The molecule has 0 aliphatic rings. The SMILES string of the molecule is CCOC(OCC)C(C)OC(=O)ONS(=O)(=O)c1ccccc1S(C)(=O)=O. The molecule has 0 saturated carbocycles. The van der Waals surface area contributed by atoms with Crippen LogP contribution in [0.1, 0.15) is 20.8 Å². The van der Waals surface area contributed by atoms with Crippen LogP contribution in [0, 0.1) is 0 Å². The molecule has 0 saturated heterocycles. The van der Waals surface area contributed by atoms with E-state index in [1.807, 2.05) is 0 Å². The van der Waals surface area contributed by atoms with Gasteiger partial charge in [-0.2, -0.15) is 0 Å². The van der Waals surface area contributed by atoms with Crippen molar-refractivity contribution in [3.8, 4) is 0 Å². The second kappa shape index (κ2) is 9.99. The van der Waals surface area contributed by atoms with Gasteiger partial charge in [0.25, 0.3) is 10.0 Å². The number of sulfonamides is 1. The van der Waals surface area contributed by atoms with E-state index in [1.54, 1.807) is 18.7 Å². The maximum atomic E-state index is 12.3. The Morgan fingerprint density at radius 2 is 1.56 bits per heavy atom. The molecule has 0 aromatic heterocycles. The first-order valence-corrected chi connectivity index (χ1v) is 11.3. The van der Waals surface area contributed by atoms with Crippen LogP contribution in [0.4, 0.5) is 4.79 Å². The van der Waals surface area contributed by atoms with E-state index in [0.29, 0.717) is 13.2 Å². The van der Waals surface area contributed by atoms with Gasteiger partial charge in [0.1, 0.15) is 4.90 Å². The van der Waals surface area contributed by atoms with Crippen LogP contribution in [0.2, 0.25) is 0 Å². The summed E-state index contributed by atoms with van der Waals surface area (Å²) in [5.74, 6) is 0. The zero-order chi connectivity index (χ0) is 20.7. The Hall–Kier alpha value is -1.73. The second-order valence-corrected chi connectivity index (χ2v) is 8.86. The molecule has 0 radical (unpaired) electrons. The Morgan fingerprint density at radius 3 is 2.04 bits per heavy atom. The lowest BCUT2D eigenvalue weighted by molar-refractivity contribution is -0.189. The fraction of sp³-hybridized carbons (Fsp3) is 0.533. The summed E-state index contributed by atoms with van der Waals surface area (Å²) in [6, 6.07) is 4.89. The monoisotopic (exact) mass is 425 g/mol. The first-order valence-electron chi connectivity index (χ1n) is 7.94. The van der Waals surface area contributed by atoms with Gasteiger partial charge in [0.15, 0.2) is 22.2 Å². The van der Waals surface area contributed by atoms with Crippen molar-refractivity contribution in [2.45, 2.75) is 43.0 Å². The van der Waals surface area contributed by atoms with E-state index >= 15 is 0 Å². The predicted molar refractivity (Wildman–Crippen MR) is 93.9 cm³/mol. The van der Waals surface area contributed by atoms with Crippen LogP contribution in [0.3, 0.4) is 0 Å². The highest BCUT2D eigenvalue weighted by molar-refractivity contribution is 7.93. The fourth-order valence-electron chi connectivity index (χ4n) is 1.99. The highest BCUT2D eigenvalue weighted by Gasteiger charge is 2.27. The highest BCUT2D eigenvalue weighted by Crippen LogP contribution is 2.20. The number of sulfone groups is 1. The molecular formula is C15H23NO9S2. The first kappa shape index (κ1) is 23.3. The first-order chi connectivity index (χ1) is 12.5. The van der Waals surface area contributed by atoms with Crippen molar-refractivity contribution < 1.29 is 40.7 Å². The molecule has 1 aromatic carbocycles. The molecule has 0 heterocycles. The van der Waals surface area contributed by atoms with Crippen molar-refractivity contribution in [3.05, 3.63) is 24.3 Å². The molecule has 0 bridgehead atoms. The number of ether oxygens (including phenoxy) is 3. The topological polar surface area (TPSA) is 134 Å². The molecule has 10 nitrogen and oxygen atoms in total. The molecule has 0 aliphatic heterocycles. The number of benzene rings is 1. The van der Waals surface area contributed by atoms with Crippen molar-refractivity contribution >= 4 is 26.0 Å². The zero-order valence-electron chi connectivity index (χ0n) is 15.4. The lowest BCUT2D eigenvalue weighted by Gasteiger charge is -2.23. The summed E-state index contributed by atoms with van der Waals surface area (Å²) in [7, 11) is -8.28. The Morgan fingerprint density at radius 1 is 1.04 bits per heavy atom. The maximum absolute atomic E-state index is 12.3. The number of nitrogens with one attached hydrogen (secondary N) is 1. The van der Waals surface area contributed by atoms with Gasteiger partial charge in [0, 0.05) is 19.5 Å². The van der Waals surface area contributed by atoms with E-state index in [4.69, 9.17) is 14.2 Å². The van der Waals surface area contributed by atoms with Crippen molar-refractivity contribution in [3.63, 3.8) is 0 Å². The van der Waals surface area contributed by atoms with Crippen LogP contribution in [-0.4, -0.2) is 54.9 Å². The molecule has 0 aliphatic carbocycles. The van der Waals surface area contributed by atoms with Crippen LogP contribution in [0.25, 0.3) is 0 Å². The highest BCUT2D eigenvalue weighted by atomic mass is 32.2. The molecule has 154 valence electrons. The summed E-state index contributed by atoms with van der Waals surface area (Å²) in [6.45, 7) is 5.55. The summed E-state index contributed by atoms with van der Waals surface area (Å²) in [5, 5.41) is 0. The average Bonchev–Trinajstić information content (AvgIpc) is 2.59. The molecule has 1 aromatic rings. The largest absolute Gasteiger partial charge is 0.529 e. The molecule has 27 heavy (non-hydrogen) atoms. The Labute approximate surface area is 158 Å². The van der Waals surface area contributed by atoms with Crippen molar-refractivity contribution in [1.29, 1.82) is 0 Å². The predicted octanol–water partition coefficient (Wildman–Crippen LogP) is 1.22. The fourth-order valence-corrected chi connectivity index (χ4v) is 4.39. The molecular weight excluding hydrogens is 402 g/mol. The summed E-state index contributed by atoms with van der Waals surface area (Å²) >= 11 is 0. The van der Waals surface area contributed by atoms with Crippen LogP contribution in [-0.2, 0) is 38.9 Å². The van der Waals surface area contributed by atoms with Crippen LogP contribution < -0.4 is 4.89 Å². The molecule has 0 fully saturated rings. The maximum Gasteiger partial charge on any atom is 0.529 e. The van der Waals surface area contributed by atoms with Gasteiger partial charge in [-0.1, -0.05) is 12.1 Å². The van der Waals surface area contributed by atoms with Crippen LogP contribution in [0.15, 0.2) is 34.1 Å². The van der Waals surface area contributed by atoms with Crippen LogP contribution >= 0.6 is 0 Å². The molecule has 1 rings (SSSR count). The van der Waals surface area contributed by atoms with Gasteiger partial charge in [-0.15, -0.1) is 0 Å². The standard InChI is InChI=1S/C15H23NO9S2/c1-5-22-14(23-6-2)11(3)24-15(17)25-16-27(20,21)13-10-8-7-9-12(13)26(4,18)19/h7-11,14,16H,5-6H2,1-4H3. The summed E-state index contributed by atoms with van der Waals surface area (Å²) in [6.07, 6.45) is -2.23. The summed E-state index contributed by atoms with van der Waals surface area (Å²) in [4.78, 5) is 16.7. The van der Waals surface area contributed by atoms with Crippen molar-refractivity contribution in [2.24, 2.45) is 0 Å². The molecule has 1 unspecified atom stereocenters. The van der Waals surface area contributed by atoms with Gasteiger partial charge in [-0.05, 0) is 37.8 Å². The second-order valence-electron chi connectivity index (χ2n) is 5.26. The minimum atomic E-state index is -4.46. The zero-order valence-corrected chi connectivity index (χ0v) is 17.0. The average molecular weight is 425 g/mol. The van der Waals surface area contributed by atoms with Gasteiger partial charge in [-0.3, -0.25) is 0 Å². The van der Waals surface area contributed by atoms with E-state index < -0.39 is 48.2 Å². The Kier molecular flexibility index (Phi) is 8.62. The summed E-state index contributed by atoms with van der Waals surface area (Å²) < 4.78 is 63.4. The third-order valence-corrected chi connectivity index (χ3v) is 5.62. The Balaban J connectivity index is 2.81. The minimum Gasteiger partial charge on any atom is -0.425 e. The quantitative estimate of drug-likeness (QED) is 0.333. The lowest BCUT2D eigenvalue weighted by atomic mass is 10.4. The molecule has 1 atom stereocenters. The number of rotatable bonds is 10. The third kappa shape index (κ3) is 7.07. The van der Waals surface area contributed by atoms with E-state index in [0.717, 1.165) is 18.4 Å². The number of carbonyl (C=O) groups excluding carboxylic acids is 1. The third-order valence-electron chi connectivity index (χ3n) is 3.10.